The van der Waals surface area contributed by atoms with Crippen LogP contribution >= 0.6 is 0 Å². The number of carbonyl (C=O) groups is 1. The van der Waals surface area contributed by atoms with Crippen LogP contribution in [-0.2, 0) is 19.0 Å². The summed E-state index contributed by atoms with van der Waals surface area (Å²) in [5.74, 6) is -0.689. The molecule has 10 heteroatoms. The molecule has 6 nitrogen and oxygen atoms in total. The zero-order chi connectivity index (χ0) is 14.0. The van der Waals surface area contributed by atoms with E-state index in [2.05, 4.69) is 8.92 Å². The van der Waals surface area contributed by atoms with Gasteiger partial charge in [0, 0.05) is 6.54 Å². The minimum Gasteiger partial charge on any atom is -0.452 e. The monoisotopic (exact) mass is 289 g/mol. The molecule has 1 heterocycles. The Morgan fingerprint density at radius 1 is 1.44 bits per heavy atom. The molecule has 1 aliphatic rings. The average molecular weight is 289 g/mol. The lowest BCUT2D eigenvalue weighted by atomic mass is 10.2. The van der Waals surface area contributed by atoms with Crippen molar-refractivity contribution in [2.75, 3.05) is 13.7 Å². The maximum Gasteiger partial charge on any atom is 0.534 e. The number of hydrogen-bond acceptors (Lipinski definition) is 5. The summed E-state index contributed by atoms with van der Waals surface area (Å²) >= 11 is 0. The van der Waals surface area contributed by atoms with Crippen LogP contribution in [0.2, 0.25) is 0 Å². The Morgan fingerprint density at radius 2 is 2.06 bits per heavy atom. The van der Waals surface area contributed by atoms with Crippen LogP contribution in [-0.4, -0.2) is 38.6 Å². The van der Waals surface area contributed by atoms with Gasteiger partial charge in [0.15, 0.2) is 0 Å². The summed E-state index contributed by atoms with van der Waals surface area (Å²) in [7, 11) is -4.77. The largest absolute Gasteiger partial charge is 0.534 e. The van der Waals surface area contributed by atoms with Crippen molar-refractivity contribution in [1.82, 2.24) is 4.90 Å². The second-order valence-electron chi connectivity index (χ2n) is 3.29. The predicted octanol–water partition coefficient (Wildman–Crippen LogP) is 1.56. The number of halogens is 3. The van der Waals surface area contributed by atoms with Gasteiger partial charge < -0.3 is 8.92 Å². The van der Waals surface area contributed by atoms with E-state index in [9.17, 15) is 26.4 Å². The summed E-state index contributed by atoms with van der Waals surface area (Å²) in [6.07, 6.45) is 0.867. The normalized spacial score (nSPS) is 17.1. The van der Waals surface area contributed by atoms with Crippen LogP contribution < -0.4 is 0 Å². The van der Waals surface area contributed by atoms with E-state index in [1.54, 1.807) is 0 Å². The number of methoxy groups -OCH3 is 1. The van der Waals surface area contributed by atoms with Crippen molar-refractivity contribution in [3.05, 3.63) is 12.0 Å². The lowest BCUT2D eigenvalue weighted by Crippen LogP contribution is -2.37. The van der Waals surface area contributed by atoms with Gasteiger partial charge in [-0.25, -0.2) is 9.69 Å². The smallest absolute Gasteiger partial charge is 0.452 e. The van der Waals surface area contributed by atoms with Crippen molar-refractivity contribution in [3.8, 4) is 0 Å². The van der Waals surface area contributed by atoms with Crippen molar-refractivity contribution in [2.45, 2.75) is 18.3 Å². The Balaban J connectivity index is 2.95. The number of nitrogens with zero attached hydrogens (tertiary/aromatic N) is 1. The molecule has 1 amide bonds. The Morgan fingerprint density at radius 3 is 2.56 bits per heavy atom. The van der Waals surface area contributed by atoms with Gasteiger partial charge in [-0.05, 0) is 18.9 Å². The molecule has 0 unspecified atom stereocenters. The molecular weight excluding hydrogens is 279 g/mol. The van der Waals surface area contributed by atoms with Crippen LogP contribution in [0.4, 0.5) is 18.0 Å². The SMILES string of the molecule is COC(=O)N1CCCC=C1OS(=O)(=O)C(F)(F)F. The van der Waals surface area contributed by atoms with Crippen molar-refractivity contribution < 1.29 is 35.3 Å². The van der Waals surface area contributed by atoms with E-state index in [1.807, 2.05) is 0 Å². The highest BCUT2D eigenvalue weighted by atomic mass is 32.2. The fourth-order valence-corrected chi connectivity index (χ4v) is 1.70. The Hall–Kier alpha value is -1.45. The van der Waals surface area contributed by atoms with Gasteiger partial charge in [0.1, 0.15) is 0 Å². The van der Waals surface area contributed by atoms with Crippen molar-refractivity contribution in [2.24, 2.45) is 0 Å². The van der Waals surface area contributed by atoms with Gasteiger partial charge in [-0.2, -0.15) is 21.6 Å². The predicted molar refractivity (Wildman–Crippen MR) is 52.5 cm³/mol. The molecule has 0 fully saturated rings. The van der Waals surface area contributed by atoms with Gasteiger partial charge in [0.2, 0.25) is 5.88 Å². The fraction of sp³-hybridized carbons (Fsp3) is 0.625. The van der Waals surface area contributed by atoms with Gasteiger partial charge >= 0.3 is 21.7 Å². The van der Waals surface area contributed by atoms with Crippen LogP contribution in [0.1, 0.15) is 12.8 Å². The molecule has 0 atom stereocenters. The number of hydrogen-bond donors (Lipinski definition) is 0. The van der Waals surface area contributed by atoms with E-state index in [1.165, 1.54) is 0 Å². The first-order valence-electron chi connectivity index (χ1n) is 4.75. The maximum absolute atomic E-state index is 12.1. The first-order chi connectivity index (χ1) is 8.19. The molecule has 104 valence electrons. The molecule has 18 heavy (non-hydrogen) atoms. The number of amides is 1. The summed E-state index contributed by atoms with van der Waals surface area (Å²) in [6, 6.07) is 0. The van der Waals surface area contributed by atoms with E-state index in [4.69, 9.17) is 0 Å². The second-order valence-corrected chi connectivity index (χ2v) is 4.83. The molecule has 0 aromatic carbocycles. The summed E-state index contributed by atoms with van der Waals surface area (Å²) in [5, 5.41) is 0. The van der Waals surface area contributed by atoms with E-state index < -0.39 is 27.6 Å². The van der Waals surface area contributed by atoms with Crippen molar-refractivity contribution in [1.29, 1.82) is 0 Å². The third-order valence-corrected chi connectivity index (χ3v) is 3.00. The van der Waals surface area contributed by atoms with Crippen LogP contribution in [0.25, 0.3) is 0 Å². The third-order valence-electron chi connectivity index (χ3n) is 2.04. The molecule has 1 rings (SSSR count). The highest BCUT2D eigenvalue weighted by Gasteiger charge is 2.49. The summed E-state index contributed by atoms with van der Waals surface area (Å²) < 4.78 is 66.2. The molecule has 0 spiro atoms. The second kappa shape index (κ2) is 5.04. The first-order valence-corrected chi connectivity index (χ1v) is 6.16. The molecule has 0 aromatic heterocycles. The highest BCUT2D eigenvalue weighted by Crippen LogP contribution is 2.29. The number of ether oxygens (including phenoxy) is 1. The maximum atomic E-state index is 12.1. The van der Waals surface area contributed by atoms with Crippen LogP contribution in [0.15, 0.2) is 12.0 Å². The molecular formula is C8H10F3NO5S. The van der Waals surface area contributed by atoms with E-state index >= 15 is 0 Å². The zero-order valence-corrected chi connectivity index (χ0v) is 10.0. The van der Waals surface area contributed by atoms with E-state index in [0.717, 1.165) is 13.2 Å². The van der Waals surface area contributed by atoms with Crippen molar-refractivity contribution >= 4 is 16.2 Å². The van der Waals surface area contributed by atoms with Crippen molar-refractivity contribution in [3.63, 3.8) is 0 Å². The molecule has 0 aromatic rings. The Bertz CT molecular complexity index is 456. The lowest BCUT2D eigenvalue weighted by Gasteiger charge is -2.26. The quantitative estimate of drug-likeness (QED) is 0.569. The number of rotatable bonds is 2. The number of allylic oxidation sites excluding steroid dienone is 1. The van der Waals surface area contributed by atoms with E-state index in [-0.39, 0.29) is 6.54 Å². The van der Waals surface area contributed by atoms with Crippen LogP contribution in [0.5, 0.6) is 0 Å². The third kappa shape index (κ3) is 3.06. The molecule has 0 saturated heterocycles. The standard InChI is InChI=1S/C8H10F3NO5S/c1-16-7(13)12-5-3-2-4-6(12)17-18(14,15)8(9,10)11/h4H,2-3,5H2,1H3. The Labute approximate surface area is 101 Å². The topological polar surface area (TPSA) is 72.9 Å². The van der Waals surface area contributed by atoms with Gasteiger partial charge in [-0.1, -0.05) is 0 Å². The number of alkyl halides is 3. The molecule has 0 bridgehead atoms. The zero-order valence-electron chi connectivity index (χ0n) is 9.23. The fourth-order valence-electron chi connectivity index (χ4n) is 1.23. The molecule has 0 aliphatic carbocycles. The van der Waals surface area contributed by atoms with Gasteiger partial charge in [-0.15, -0.1) is 0 Å². The molecule has 0 radical (unpaired) electrons. The van der Waals surface area contributed by atoms with Crippen LogP contribution in [0, 0.1) is 0 Å². The highest BCUT2D eigenvalue weighted by molar-refractivity contribution is 7.87. The summed E-state index contributed by atoms with van der Waals surface area (Å²) in [5.41, 5.74) is -5.55. The van der Waals surface area contributed by atoms with Gasteiger partial charge in [0.05, 0.1) is 7.11 Å². The summed E-state index contributed by atoms with van der Waals surface area (Å²) in [4.78, 5) is 11.9. The Kier molecular flexibility index (Phi) is 4.09. The van der Waals surface area contributed by atoms with Gasteiger partial charge in [0.25, 0.3) is 0 Å². The summed E-state index contributed by atoms with van der Waals surface area (Å²) in [6.45, 7) is 0.0197. The molecule has 0 saturated carbocycles. The average Bonchev–Trinajstić information content (AvgIpc) is 2.26. The molecule has 0 N–H and O–H groups in total. The van der Waals surface area contributed by atoms with Crippen LogP contribution in [0.3, 0.4) is 0 Å². The molecule has 1 aliphatic heterocycles. The minimum atomic E-state index is -5.79. The lowest BCUT2D eigenvalue weighted by molar-refractivity contribution is -0.0538. The first kappa shape index (κ1) is 14.6. The van der Waals surface area contributed by atoms with Gasteiger partial charge in [-0.3, -0.25) is 0 Å². The number of carbonyl (C=O) groups excluding carboxylic acids is 1. The van der Waals surface area contributed by atoms with E-state index in [0.29, 0.717) is 17.7 Å². The minimum absolute atomic E-state index is 0.0197.